The van der Waals surface area contributed by atoms with Crippen LogP contribution in [0.3, 0.4) is 0 Å². The molecule has 0 aliphatic heterocycles. The molecule has 2 aromatic heterocycles. The first-order chi connectivity index (χ1) is 23.6. The number of halogens is 2. The van der Waals surface area contributed by atoms with Gasteiger partial charge in [0.1, 0.15) is 17.1 Å². The zero-order chi connectivity index (χ0) is 35.2. The summed E-state index contributed by atoms with van der Waals surface area (Å²) >= 11 is 13.5. The number of nitrogens with zero attached hydrogens (tertiary/aromatic N) is 3. The number of methoxy groups -OCH3 is 2. The number of aryl methyl sites for hydroxylation is 3. The Balaban J connectivity index is 1.64. The van der Waals surface area contributed by atoms with Crippen LogP contribution in [-0.4, -0.2) is 40.6 Å². The fourth-order valence-electron chi connectivity index (χ4n) is 5.15. The van der Waals surface area contributed by atoms with Crippen molar-refractivity contribution in [2.45, 2.75) is 19.9 Å². The standard InChI is InChI=1S/C36H32Cl2N6O5/c1-6-28(45)40-23-13-11-21(12-14-23)15-16-44-34-22(17-24(35(44)47)30-31(37)26(48-4)18-27(49-5)32(30)38)19-39-36(43-34)42-33-20(3)9-8-10-25(33)41-29(46)7-2/h6-14,17-19H,1-2,15-16H2,3-5H3,(H,40,45)(H,41,46)(H,39,42,43). The van der Waals surface area contributed by atoms with E-state index in [0.29, 0.717) is 34.5 Å². The Morgan fingerprint density at radius 3 is 2.22 bits per heavy atom. The van der Waals surface area contributed by atoms with Gasteiger partial charge in [0, 0.05) is 35.4 Å². The van der Waals surface area contributed by atoms with Gasteiger partial charge >= 0.3 is 0 Å². The minimum atomic E-state index is -0.416. The molecule has 0 spiro atoms. The van der Waals surface area contributed by atoms with Gasteiger partial charge in [0.15, 0.2) is 0 Å². The van der Waals surface area contributed by atoms with Gasteiger partial charge in [-0.3, -0.25) is 19.0 Å². The number of nitrogens with one attached hydrogen (secondary N) is 3. The molecule has 2 amide bonds. The lowest BCUT2D eigenvalue weighted by Gasteiger charge is -2.18. The second-order valence-corrected chi connectivity index (χ2v) is 11.5. The number of aromatic nitrogens is 3. The van der Waals surface area contributed by atoms with Crippen molar-refractivity contribution in [2.24, 2.45) is 0 Å². The van der Waals surface area contributed by atoms with Crippen LogP contribution in [0.1, 0.15) is 11.1 Å². The molecule has 2 heterocycles. The van der Waals surface area contributed by atoms with E-state index in [1.165, 1.54) is 30.9 Å². The summed E-state index contributed by atoms with van der Waals surface area (Å²) in [6, 6.07) is 15.9. The number of hydrogen-bond acceptors (Lipinski definition) is 8. The molecule has 5 aromatic rings. The predicted octanol–water partition coefficient (Wildman–Crippen LogP) is 7.33. The summed E-state index contributed by atoms with van der Waals surface area (Å²) in [5.74, 6) is 0.0522. The average Bonchev–Trinajstić information content (AvgIpc) is 3.10. The molecule has 0 unspecified atom stereocenters. The van der Waals surface area contributed by atoms with Gasteiger partial charge < -0.3 is 25.4 Å². The second-order valence-electron chi connectivity index (χ2n) is 10.7. The number of amides is 2. The van der Waals surface area contributed by atoms with Crippen LogP contribution in [0.25, 0.3) is 22.2 Å². The highest BCUT2D eigenvalue weighted by Gasteiger charge is 2.23. The average molecular weight is 700 g/mol. The number of carbonyl (C=O) groups is 2. The largest absolute Gasteiger partial charge is 0.495 e. The van der Waals surface area contributed by atoms with Crippen molar-refractivity contribution in [1.82, 2.24) is 14.5 Å². The van der Waals surface area contributed by atoms with E-state index in [9.17, 15) is 14.4 Å². The summed E-state index contributed by atoms with van der Waals surface area (Å²) in [5, 5.41) is 9.52. The van der Waals surface area contributed by atoms with Gasteiger partial charge in [-0.1, -0.05) is 60.6 Å². The molecule has 0 aliphatic carbocycles. The van der Waals surface area contributed by atoms with E-state index in [1.807, 2.05) is 31.2 Å². The maximum Gasteiger partial charge on any atom is 0.260 e. The Morgan fingerprint density at radius 1 is 0.939 bits per heavy atom. The van der Waals surface area contributed by atoms with Gasteiger partial charge in [0.05, 0.1) is 41.2 Å². The third-order valence-electron chi connectivity index (χ3n) is 7.65. The fourth-order valence-corrected chi connectivity index (χ4v) is 5.85. The molecule has 49 heavy (non-hydrogen) atoms. The zero-order valence-electron chi connectivity index (χ0n) is 26.9. The molecule has 13 heteroatoms. The number of carbonyl (C=O) groups excluding carboxylic acids is 2. The molecular weight excluding hydrogens is 667 g/mol. The lowest BCUT2D eigenvalue weighted by Crippen LogP contribution is -2.24. The Labute approximate surface area is 292 Å². The van der Waals surface area contributed by atoms with Crippen molar-refractivity contribution in [3.8, 4) is 22.6 Å². The van der Waals surface area contributed by atoms with Crippen LogP contribution >= 0.6 is 23.2 Å². The van der Waals surface area contributed by atoms with E-state index in [-0.39, 0.29) is 57.0 Å². The lowest BCUT2D eigenvalue weighted by atomic mass is 10.0. The van der Waals surface area contributed by atoms with Crippen molar-refractivity contribution < 1.29 is 19.1 Å². The van der Waals surface area contributed by atoms with Gasteiger partial charge in [0.25, 0.3) is 5.56 Å². The van der Waals surface area contributed by atoms with E-state index >= 15 is 0 Å². The van der Waals surface area contributed by atoms with Gasteiger partial charge in [-0.05, 0) is 60.9 Å². The molecule has 0 atom stereocenters. The van der Waals surface area contributed by atoms with Gasteiger partial charge in [-0.15, -0.1) is 0 Å². The summed E-state index contributed by atoms with van der Waals surface area (Å²) in [7, 11) is 2.91. The van der Waals surface area contributed by atoms with Crippen molar-refractivity contribution in [3.63, 3.8) is 0 Å². The molecule has 0 saturated heterocycles. The van der Waals surface area contributed by atoms with E-state index in [2.05, 4.69) is 34.1 Å². The molecule has 3 aromatic carbocycles. The van der Waals surface area contributed by atoms with Crippen LogP contribution in [0.2, 0.25) is 10.0 Å². The maximum absolute atomic E-state index is 14.4. The first kappa shape index (κ1) is 34.7. The van der Waals surface area contributed by atoms with Crippen molar-refractivity contribution in [2.75, 3.05) is 30.2 Å². The van der Waals surface area contributed by atoms with E-state index in [0.717, 1.165) is 11.1 Å². The van der Waals surface area contributed by atoms with Crippen molar-refractivity contribution in [3.05, 3.63) is 118 Å². The second kappa shape index (κ2) is 15.1. The quantitative estimate of drug-likeness (QED) is 0.115. The summed E-state index contributed by atoms with van der Waals surface area (Å²) in [4.78, 5) is 47.5. The van der Waals surface area contributed by atoms with Crippen LogP contribution in [0.4, 0.5) is 23.0 Å². The Kier molecular flexibility index (Phi) is 10.7. The lowest BCUT2D eigenvalue weighted by molar-refractivity contribution is -0.112. The van der Waals surface area contributed by atoms with Crippen LogP contribution in [-0.2, 0) is 22.6 Å². The van der Waals surface area contributed by atoms with Crippen molar-refractivity contribution >= 4 is 69.1 Å². The van der Waals surface area contributed by atoms with E-state index < -0.39 is 5.56 Å². The molecule has 0 saturated carbocycles. The number of ether oxygens (including phenoxy) is 2. The number of pyridine rings is 1. The number of anilines is 4. The number of para-hydroxylation sites is 1. The summed E-state index contributed by atoms with van der Waals surface area (Å²) in [6.07, 6.45) is 4.38. The van der Waals surface area contributed by atoms with Crippen LogP contribution in [0.15, 0.2) is 90.9 Å². The smallest absolute Gasteiger partial charge is 0.260 e. The predicted molar refractivity (Wildman–Crippen MR) is 195 cm³/mol. The highest BCUT2D eigenvalue weighted by atomic mass is 35.5. The Morgan fingerprint density at radius 2 is 1.59 bits per heavy atom. The molecule has 5 rings (SSSR count). The SMILES string of the molecule is C=CC(=O)Nc1ccc(CCn2c(=O)c(-c3c(Cl)c(OC)cc(OC)c3Cl)cc3cnc(Nc4c(C)cccc4NC(=O)C=C)nc32)cc1. The van der Waals surface area contributed by atoms with Gasteiger partial charge in [0.2, 0.25) is 17.8 Å². The summed E-state index contributed by atoms with van der Waals surface area (Å²) in [5.41, 5.74) is 3.77. The molecule has 250 valence electrons. The van der Waals surface area contributed by atoms with Gasteiger partial charge in [-0.25, -0.2) is 4.98 Å². The number of fused-ring (bicyclic) bond motifs is 1. The van der Waals surface area contributed by atoms with Crippen LogP contribution in [0.5, 0.6) is 11.5 Å². The first-order valence-corrected chi connectivity index (χ1v) is 15.7. The normalized spacial score (nSPS) is 10.7. The highest BCUT2D eigenvalue weighted by molar-refractivity contribution is 6.41. The van der Waals surface area contributed by atoms with Crippen molar-refractivity contribution in [1.29, 1.82) is 0 Å². The summed E-state index contributed by atoms with van der Waals surface area (Å²) in [6.45, 7) is 9.08. The minimum absolute atomic E-state index is 0.140. The summed E-state index contributed by atoms with van der Waals surface area (Å²) < 4.78 is 12.4. The first-order valence-electron chi connectivity index (χ1n) is 14.9. The zero-order valence-corrected chi connectivity index (χ0v) is 28.4. The van der Waals surface area contributed by atoms with E-state index in [1.54, 1.807) is 36.5 Å². The molecule has 0 radical (unpaired) electrons. The fraction of sp³-hybridized carbons (Fsp3) is 0.139. The third kappa shape index (κ3) is 7.43. The molecule has 11 nitrogen and oxygen atoms in total. The topological polar surface area (TPSA) is 136 Å². The maximum atomic E-state index is 14.4. The van der Waals surface area contributed by atoms with E-state index in [4.69, 9.17) is 37.7 Å². The van der Waals surface area contributed by atoms with Crippen LogP contribution < -0.4 is 31.0 Å². The van der Waals surface area contributed by atoms with Crippen LogP contribution in [0, 0.1) is 6.92 Å². The third-order valence-corrected chi connectivity index (χ3v) is 8.40. The Hall–Kier alpha value is -5.65. The monoisotopic (exact) mass is 698 g/mol. The molecule has 3 N–H and O–H groups in total. The number of hydrogen-bond donors (Lipinski definition) is 3. The van der Waals surface area contributed by atoms with Gasteiger partial charge in [-0.2, -0.15) is 4.98 Å². The highest BCUT2D eigenvalue weighted by Crippen LogP contribution is 2.45. The number of rotatable bonds is 12. The number of benzene rings is 3. The minimum Gasteiger partial charge on any atom is -0.495 e. The molecule has 0 aliphatic rings. The molecular formula is C36H32Cl2N6O5. The molecule has 0 fully saturated rings. The Bertz CT molecular complexity index is 2140. The molecule has 0 bridgehead atoms.